The normalized spacial score (nSPS) is 25.7. The van der Waals surface area contributed by atoms with E-state index in [0.717, 1.165) is 4.90 Å². The maximum absolute atomic E-state index is 12.6. The van der Waals surface area contributed by atoms with Crippen LogP contribution in [0.15, 0.2) is 24.3 Å². The maximum atomic E-state index is 12.6. The van der Waals surface area contributed by atoms with Crippen LogP contribution in [0.25, 0.3) is 0 Å². The molecule has 3 atom stereocenters. The number of esters is 1. The van der Waals surface area contributed by atoms with E-state index >= 15 is 0 Å². The summed E-state index contributed by atoms with van der Waals surface area (Å²) in [5, 5.41) is 10.7. The Balaban J connectivity index is 1.87. The number of benzene rings is 1. The molecule has 0 aromatic heterocycles. The molecule has 3 unspecified atom stereocenters. The van der Waals surface area contributed by atoms with Gasteiger partial charge in [-0.25, -0.2) is 15.8 Å². The molecule has 1 aromatic carbocycles. The fourth-order valence-corrected chi connectivity index (χ4v) is 2.86. The highest BCUT2D eigenvalue weighted by Crippen LogP contribution is 2.32. The Morgan fingerprint density at radius 1 is 1.25 bits per heavy atom. The lowest BCUT2D eigenvalue weighted by atomic mass is 9.97. The fourth-order valence-electron chi connectivity index (χ4n) is 2.86. The first-order chi connectivity index (χ1) is 11.5. The number of imide groups is 1. The zero-order chi connectivity index (χ0) is 17.4. The third kappa shape index (κ3) is 2.41. The van der Waals surface area contributed by atoms with Crippen LogP contribution in [0.1, 0.15) is 6.92 Å². The fraction of sp³-hybridized carbons (Fsp3) is 0.357. The summed E-state index contributed by atoms with van der Waals surface area (Å²) < 4.78 is 4.90. The topological polar surface area (TPSA) is 131 Å². The molecule has 2 aliphatic rings. The molecule has 2 heterocycles. The van der Waals surface area contributed by atoms with Gasteiger partial charge in [0.25, 0.3) is 11.6 Å². The Morgan fingerprint density at radius 3 is 2.50 bits per heavy atom. The average Bonchev–Trinajstić information content (AvgIpc) is 3.09. The van der Waals surface area contributed by atoms with E-state index in [1.807, 2.05) is 0 Å². The third-order valence-electron chi connectivity index (χ3n) is 3.96. The van der Waals surface area contributed by atoms with Gasteiger partial charge in [0.05, 0.1) is 23.1 Å². The van der Waals surface area contributed by atoms with Gasteiger partial charge >= 0.3 is 5.97 Å². The summed E-state index contributed by atoms with van der Waals surface area (Å²) in [5.74, 6) is -2.64. The molecule has 0 spiro atoms. The molecular formula is C14H14N4O6. The molecule has 10 heteroatoms. The number of amides is 2. The minimum absolute atomic E-state index is 0.151. The van der Waals surface area contributed by atoms with Crippen LogP contribution in [0.4, 0.5) is 11.4 Å². The molecular weight excluding hydrogens is 320 g/mol. The molecule has 0 aliphatic carbocycles. The Morgan fingerprint density at radius 2 is 1.92 bits per heavy atom. The largest absolute Gasteiger partial charge is 0.465 e. The van der Waals surface area contributed by atoms with Crippen molar-refractivity contribution in [2.45, 2.75) is 19.0 Å². The van der Waals surface area contributed by atoms with Crippen molar-refractivity contribution in [1.29, 1.82) is 0 Å². The molecule has 0 radical (unpaired) electrons. The van der Waals surface area contributed by atoms with Crippen molar-refractivity contribution in [1.82, 2.24) is 10.9 Å². The number of fused-ring (bicyclic) bond motifs is 1. The van der Waals surface area contributed by atoms with Crippen molar-refractivity contribution in [3.63, 3.8) is 0 Å². The van der Waals surface area contributed by atoms with Crippen molar-refractivity contribution in [3.05, 3.63) is 34.4 Å². The number of carbonyl (C=O) groups is 3. The highest BCUT2D eigenvalue weighted by Gasteiger charge is 2.57. The molecule has 0 saturated carbocycles. The summed E-state index contributed by atoms with van der Waals surface area (Å²) in [6.45, 7) is 1.80. The lowest BCUT2D eigenvalue weighted by Gasteiger charge is -2.18. The molecule has 1 aromatic rings. The number of non-ortho nitro benzene ring substituents is 1. The van der Waals surface area contributed by atoms with Gasteiger partial charge < -0.3 is 4.74 Å². The Hall–Kier alpha value is -2.85. The van der Waals surface area contributed by atoms with Crippen molar-refractivity contribution < 1.29 is 24.0 Å². The second-order valence-electron chi connectivity index (χ2n) is 5.31. The van der Waals surface area contributed by atoms with E-state index in [4.69, 9.17) is 4.74 Å². The molecule has 2 amide bonds. The number of nitro benzene ring substituents is 1. The van der Waals surface area contributed by atoms with Crippen molar-refractivity contribution >= 4 is 29.2 Å². The van der Waals surface area contributed by atoms with Gasteiger partial charge in [-0.2, -0.15) is 0 Å². The number of hydrogen-bond acceptors (Lipinski definition) is 8. The first kappa shape index (κ1) is 16.0. The highest BCUT2D eigenvalue weighted by atomic mass is 16.6. The summed E-state index contributed by atoms with van der Waals surface area (Å²) >= 11 is 0. The molecule has 2 aliphatic heterocycles. The van der Waals surface area contributed by atoms with E-state index in [9.17, 15) is 24.5 Å². The molecule has 3 rings (SSSR count). The lowest BCUT2D eigenvalue weighted by molar-refractivity contribution is -0.384. The number of hydrogen-bond donors (Lipinski definition) is 2. The monoisotopic (exact) mass is 334 g/mol. The van der Waals surface area contributed by atoms with Gasteiger partial charge in [0.2, 0.25) is 5.91 Å². The first-order valence-electron chi connectivity index (χ1n) is 7.25. The van der Waals surface area contributed by atoms with Crippen LogP contribution < -0.4 is 15.8 Å². The Labute approximate surface area is 135 Å². The van der Waals surface area contributed by atoms with Crippen LogP contribution >= 0.6 is 0 Å². The molecule has 126 valence electrons. The van der Waals surface area contributed by atoms with E-state index in [1.165, 1.54) is 24.3 Å². The Kier molecular flexibility index (Phi) is 3.99. The van der Waals surface area contributed by atoms with Gasteiger partial charge in [0, 0.05) is 12.1 Å². The molecule has 2 fully saturated rings. The zero-order valence-electron chi connectivity index (χ0n) is 12.6. The summed E-state index contributed by atoms with van der Waals surface area (Å²) in [4.78, 5) is 48.0. The van der Waals surface area contributed by atoms with Gasteiger partial charge in [0.1, 0.15) is 12.1 Å². The minimum Gasteiger partial charge on any atom is -0.465 e. The van der Waals surface area contributed by atoms with Crippen LogP contribution in [0.5, 0.6) is 0 Å². The number of nitro groups is 1. The summed E-state index contributed by atoms with van der Waals surface area (Å²) in [6, 6.07) is 3.21. The predicted molar refractivity (Wildman–Crippen MR) is 79.6 cm³/mol. The van der Waals surface area contributed by atoms with Gasteiger partial charge in [-0.1, -0.05) is 0 Å². The summed E-state index contributed by atoms with van der Waals surface area (Å²) in [6.07, 6.45) is 0. The number of carbonyl (C=O) groups excluding carboxylic acids is 3. The standard InChI is InChI=1S/C14H14N4O6/c1-2-24-14(21)11-9-10(15-16-11)13(20)17(12(9)19)7-3-5-8(6-4-7)18(22)23/h3-6,9-11,15-16H,2H2,1H3. The van der Waals surface area contributed by atoms with Gasteiger partial charge in [-0.3, -0.25) is 24.5 Å². The number of anilines is 1. The molecule has 10 nitrogen and oxygen atoms in total. The van der Waals surface area contributed by atoms with E-state index in [0.29, 0.717) is 0 Å². The van der Waals surface area contributed by atoms with Gasteiger partial charge in [-0.15, -0.1) is 0 Å². The van der Waals surface area contributed by atoms with E-state index in [-0.39, 0.29) is 18.0 Å². The summed E-state index contributed by atoms with van der Waals surface area (Å²) in [7, 11) is 0. The van der Waals surface area contributed by atoms with Crippen molar-refractivity contribution in [2.75, 3.05) is 11.5 Å². The van der Waals surface area contributed by atoms with Gasteiger partial charge in [-0.05, 0) is 19.1 Å². The second kappa shape index (κ2) is 5.98. The van der Waals surface area contributed by atoms with Crippen LogP contribution in [0.3, 0.4) is 0 Å². The van der Waals surface area contributed by atoms with E-state index in [2.05, 4.69) is 10.9 Å². The smallest absolute Gasteiger partial charge is 0.325 e. The second-order valence-corrected chi connectivity index (χ2v) is 5.31. The average molecular weight is 334 g/mol. The summed E-state index contributed by atoms with van der Waals surface area (Å²) in [5.41, 5.74) is 5.33. The van der Waals surface area contributed by atoms with Crippen LogP contribution in [-0.4, -0.2) is 41.4 Å². The van der Waals surface area contributed by atoms with Crippen LogP contribution in [0.2, 0.25) is 0 Å². The molecule has 2 saturated heterocycles. The molecule has 2 N–H and O–H groups in total. The highest BCUT2D eigenvalue weighted by molar-refractivity contribution is 6.24. The SMILES string of the molecule is CCOC(=O)C1NNC2C(=O)N(c3ccc([N+](=O)[O-])cc3)C(=O)C12. The number of nitrogens with zero attached hydrogens (tertiary/aromatic N) is 2. The number of nitrogens with one attached hydrogen (secondary N) is 2. The lowest BCUT2D eigenvalue weighted by Crippen LogP contribution is -2.46. The number of hydrazine groups is 1. The van der Waals surface area contributed by atoms with E-state index in [1.54, 1.807) is 6.92 Å². The minimum atomic E-state index is -0.963. The predicted octanol–water partition coefficient (Wildman–Crippen LogP) is -0.508. The first-order valence-corrected chi connectivity index (χ1v) is 7.25. The number of rotatable bonds is 4. The van der Waals surface area contributed by atoms with Crippen LogP contribution in [0, 0.1) is 16.0 Å². The molecule has 0 bridgehead atoms. The Bertz CT molecular complexity index is 718. The maximum Gasteiger partial charge on any atom is 0.325 e. The van der Waals surface area contributed by atoms with Crippen molar-refractivity contribution in [3.8, 4) is 0 Å². The molecule has 24 heavy (non-hydrogen) atoms. The number of ether oxygens (including phenoxy) is 1. The van der Waals surface area contributed by atoms with Crippen LogP contribution in [-0.2, 0) is 19.1 Å². The van der Waals surface area contributed by atoms with Crippen molar-refractivity contribution in [2.24, 2.45) is 5.92 Å². The van der Waals surface area contributed by atoms with Gasteiger partial charge in [0.15, 0.2) is 0 Å². The zero-order valence-corrected chi connectivity index (χ0v) is 12.6. The quantitative estimate of drug-likeness (QED) is 0.326. The van der Waals surface area contributed by atoms with E-state index < -0.39 is 40.7 Å². The third-order valence-corrected chi connectivity index (χ3v) is 3.96.